The number of nitrogens with zero attached hydrogens (tertiary/aromatic N) is 2. The molecule has 1 aromatic carbocycles. The van der Waals surface area contributed by atoms with Crippen LogP contribution >= 0.6 is 11.3 Å². The van der Waals surface area contributed by atoms with E-state index in [1.807, 2.05) is 19.1 Å². The van der Waals surface area contributed by atoms with Gasteiger partial charge >= 0.3 is 0 Å². The van der Waals surface area contributed by atoms with E-state index in [0.29, 0.717) is 10.6 Å². The minimum absolute atomic E-state index is 0.00174. The number of carbonyl (C=O) groups is 2. The molecule has 0 aliphatic carbocycles. The molecule has 0 saturated heterocycles. The van der Waals surface area contributed by atoms with E-state index in [0.717, 1.165) is 5.56 Å². The van der Waals surface area contributed by atoms with Crippen LogP contribution < -0.4 is 11.1 Å². The number of aromatic nitrogens is 2. The molecule has 116 valence electrons. The van der Waals surface area contributed by atoms with E-state index in [9.17, 15) is 9.59 Å². The number of amides is 2. The van der Waals surface area contributed by atoms with E-state index in [4.69, 9.17) is 10.3 Å². The molecule has 0 aliphatic rings. The van der Waals surface area contributed by atoms with Crippen molar-refractivity contribution in [1.82, 2.24) is 10.1 Å². The third-order valence-electron chi connectivity index (χ3n) is 3.19. The maximum Gasteiger partial charge on any atom is 0.258 e. The lowest BCUT2D eigenvalue weighted by Crippen LogP contribution is -2.18. The molecule has 0 aliphatic heterocycles. The first kappa shape index (κ1) is 14.9. The molecule has 3 aromatic rings. The Labute approximate surface area is 135 Å². The minimum Gasteiger partial charge on any atom is -0.365 e. The van der Waals surface area contributed by atoms with Crippen LogP contribution in [-0.4, -0.2) is 22.0 Å². The summed E-state index contributed by atoms with van der Waals surface area (Å²) in [6.45, 7) is 1.81. The number of anilines is 1. The summed E-state index contributed by atoms with van der Waals surface area (Å²) in [5.41, 5.74) is 6.88. The molecular formula is C15H12N4O3S. The number of nitrogens with one attached hydrogen (secondary N) is 1. The van der Waals surface area contributed by atoms with Gasteiger partial charge in [0.1, 0.15) is 10.6 Å². The van der Waals surface area contributed by atoms with Gasteiger partial charge in [0, 0.05) is 17.1 Å². The number of aryl methyl sites for hydroxylation is 1. The molecule has 2 aromatic heterocycles. The highest BCUT2D eigenvalue weighted by atomic mass is 32.1. The predicted molar refractivity (Wildman–Crippen MR) is 85.3 cm³/mol. The lowest BCUT2D eigenvalue weighted by molar-refractivity contribution is 0.100. The topological polar surface area (TPSA) is 111 Å². The quantitative estimate of drug-likeness (QED) is 0.764. The van der Waals surface area contributed by atoms with Crippen molar-refractivity contribution in [2.75, 3.05) is 5.32 Å². The standard InChI is InChI=1S/C15H12N4O3S/c1-8-4-2-3-5-9(8)13(21)18-14-10(12(16)20)11(19-22-14)15-17-6-7-23-15/h2-7H,1H3,(H2,16,20)(H,18,21). The molecule has 0 radical (unpaired) electrons. The summed E-state index contributed by atoms with van der Waals surface area (Å²) in [4.78, 5) is 28.1. The third-order valence-corrected chi connectivity index (χ3v) is 3.97. The SMILES string of the molecule is Cc1ccccc1C(=O)Nc1onc(-c2nccs2)c1C(N)=O. The average molecular weight is 328 g/mol. The van der Waals surface area contributed by atoms with Gasteiger partial charge in [-0.05, 0) is 18.6 Å². The summed E-state index contributed by atoms with van der Waals surface area (Å²) >= 11 is 1.28. The fourth-order valence-corrected chi connectivity index (χ4v) is 2.71. The summed E-state index contributed by atoms with van der Waals surface area (Å²) in [7, 11) is 0. The summed E-state index contributed by atoms with van der Waals surface area (Å²) in [6.07, 6.45) is 1.57. The molecule has 8 heteroatoms. The highest BCUT2D eigenvalue weighted by Gasteiger charge is 2.25. The highest BCUT2D eigenvalue weighted by molar-refractivity contribution is 7.13. The summed E-state index contributed by atoms with van der Waals surface area (Å²) in [5, 5.41) is 8.57. The fourth-order valence-electron chi connectivity index (χ4n) is 2.09. The molecule has 23 heavy (non-hydrogen) atoms. The molecule has 7 nitrogen and oxygen atoms in total. The van der Waals surface area contributed by atoms with Gasteiger partial charge in [-0.1, -0.05) is 23.4 Å². The minimum atomic E-state index is -0.753. The van der Waals surface area contributed by atoms with Crippen LogP contribution in [0.15, 0.2) is 40.4 Å². The van der Waals surface area contributed by atoms with Crippen LogP contribution in [0.25, 0.3) is 10.7 Å². The summed E-state index contributed by atoms with van der Waals surface area (Å²) < 4.78 is 5.10. The summed E-state index contributed by atoms with van der Waals surface area (Å²) in [6, 6.07) is 7.06. The van der Waals surface area contributed by atoms with Gasteiger partial charge in [0.15, 0.2) is 5.69 Å². The summed E-state index contributed by atoms with van der Waals surface area (Å²) in [5.74, 6) is -1.25. The first-order chi connectivity index (χ1) is 11.1. The number of primary amides is 1. The van der Waals surface area contributed by atoms with Gasteiger partial charge in [-0.3, -0.25) is 14.9 Å². The number of thiazole rings is 1. The highest BCUT2D eigenvalue weighted by Crippen LogP contribution is 2.30. The van der Waals surface area contributed by atoms with Gasteiger partial charge in [-0.2, -0.15) is 0 Å². The lowest BCUT2D eigenvalue weighted by Gasteiger charge is -2.05. The predicted octanol–water partition coefficient (Wildman–Crippen LogP) is 2.46. The smallest absolute Gasteiger partial charge is 0.258 e. The Balaban J connectivity index is 1.97. The van der Waals surface area contributed by atoms with Crippen molar-refractivity contribution >= 4 is 29.0 Å². The second-order valence-corrected chi connectivity index (χ2v) is 5.60. The Morgan fingerprint density at radius 2 is 2.09 bits per heavy atom. The molecule has 0 saturated carbocycles. The molecule has 3 rings (SSSR count). The molecule has 0 atom stereocenters. The number of benzene rings is 1. The first-order valence-corrected chi connectivity index (χ1v) is 7.52. The van der Waals surface area contributed by atoms with Crippen molar-refractivity contribution in [2.45, 2.75) is 6.92 Å². The van der Waals surface area contributed by atoms with E-state index >= 15 is 0 Å². The second-order valence-electron chi connectivity index (χ2n) is 4.71. The van der Waals surface area contributed by atoms with Crippen molar-refractivity contribution < 1.29 is 14.1 Å². The van der Waals surface area contributed by atoms with Gasteiger partial charge in [0.25, 0.3) is 11.8 Å². The lowest BCUT2D eigenvalue weighted by atomic mass is 10.1. The molecule has 0 unspecified atom stereocenters. The Morgan fingerprint density at radius 1 is 1.30 bits per heavy atom. The Hall–Kier alpha value is -3.00. The van der Waals surface area contributed by atoms with E-state index in [1.54, 1.807) is 23.7 Å². The Morgan fingerprint density at radius 3 is 2.74 bits per heavy atom. The largest absolute Gasteiger partial charge is 0.365 e. The average Bonchev–Trinajstić information content (AvgIpc) is 3.16. The van der Waals surface area contributed by atoms with Crippen molar-refractivity contribution in [3.05, 3.63) is 52.5 Å². The van der Waals surface area contributed by atoms with Crippen LogP contribution in [0.3, 0.4) is 0 Å². The normalized spacial score (nSPS) is 10.5. The van der Waals surface area contributed by atoms with Gasteiger partial charge in [0.2, 0.25) is 5.88 Å². The van der Waals surface area contributed by atoms with Gasteiger partial charge < -0.3 is 10.3 Å². The maximum absolute atomic E-state index is 12.3. The number of hydrogen-bond donors (Lipinski definition) is 2. The van der Waals surface area contributed by atoms with Crippen molar-refractivity contribution in [1.29, 1.82) is 0 Å². The molecule has 2 amide bonds. The number of carbonyl (C=O) groups excluding carboxylic acids is 2. The van der Waals surface area contributed by atoms with E-state index in [2.05, 4.69) is 15.5 Å². The van der Waals surface area contributed by atoms with Crippen LogP contribution in [-0.2, 0) is 0 Å². The molecule has 0 bridgehead atoms. The first-order valence-electron chi connectivity index (χ1n) is 6.64. The molecular weight excluding hydrogens is 316 g/mol. The monoisotopic (exact) mass is 328 g/mol. The van der Waals surface area contributed by atoms with E-state index in [-0.39, 0.29) is 17.1 Å². The van der Waals surface area contributed by atoms with E-state index < -0.39 is 11.8 Å². The zero-order valence-electron chi connectivity index (χ0n) is 12.1. The van der Waals surface area contributed by atoms with Gasteiger partial charge in [-0.15, -0.1) is 11.3 Å². The van der Waals surface area contributed by atoms with Crippen molar-refractivity contribution in [2.24, 2.45) is 5.73 Å². The number of rotatable bonds is 4. The van der Waals surface area contributed by atoms with Crippen molar-refractivity contribution in [3.63, 3.8) is 0 Å². The van der Waals surface area contributed by atoms with Crippen LogP contribution in [0.4, 0.5) is 5.88 Å². The molecule has 2 heterocycles. The van der Waals surface area contributed by atoms with Crippen LogP contribution in [0.5, 0.6) is 0 Å². The van der Waals surface area contributed by atoms with Crippen molar-refractivity contribution in [3.8, 4) is 10.7 Å². The Kier molecular flexibility index (Phi) is 3.90. The zero-order chi connectivity index (χ0) is 16.4. The van der Waals surface area contributed by atoms with Crippen LogP contribution in [0.1, 0.15) is 26.3 Å². The van der Waals surface area contributed by atoms with Crippen LogP contribution in [0.2, 0.25) is 0 Å². The molecule has 0 spiro atoms. The van der Waals surface area contributed by atoms with Crippen LogP contribution in [0, 0.1) is 6.92 Å². The zero-order valence-corrected chi connectivity index (χ0v) is 12.9. The molecule has 3 N–H and O–H groups in total. The van der Waals surface area contributed by atoms with E-state index in [1.165, 1.54) is 11.3 Å². The maximum atomic E-state index is 12.3. The second kappa shape index (κ2) is 6.01. The fraction of sp³-hybridized carbons (Fsp3) is 0.0667. The number of nitrogens with two attached hydrogens (primary N) is 1. The number of hydrogen-bond acceptors (Lipinski definition) is 6. The van der Waals surface area contributed by atoms with Gasteiger partial charge in [0.05, 0.1) is 0 Å². The Bertz CT molecular complexity index is 871. The van der Waals surface area contributed by atoms with Gasteiger partial charge in [-0.25, -0.2) is 4.98 Å². The molecule has 0 fully saturated rings. The third kappa shape index (κ3) is 2.84.